The normalized spacial score (nSPS) is 15.6. The lowest BCUT2D eigenvalue weighted by molar-refractivity contribution is -0.274. The third-order valence-corrected chi connectivity index (χ3v) is 5.31. The fourth-order valence-electron chi connectivity index (χ4n) is 2.44. The summed E-state index contributed by atoms with van der Waals surface area (Å²) in [6, 6.07) is 5.42. The molecule has 26 heavy (non-hydrogen) atoms. The Hall–Kier alpha value is -1.52. The topological polar surface area (TPSA) is 44.8 Å². The smallest absolute Gasteiger partial charge is 0.404 e. The van der Waals surface area contributed by atoms with Crippen LogP contribution >= 0.6 is 24.0 Å². The van der Waals surface area contributed by atoms with Crippen LogP contribution < -0.4 is 10.1 Å². The maximum absolute atomic E-state index is 12.4. The Kier molecular flexibility index (Phi) is 7.54. The zero-order valence-electron chi connectivity index (χ0n) is 14.2. The number of hydrogen-bond acceptors (Lipinski definition) is 5. The molecular formula is C16H20F3N3O2S2. The maximum Gasteiger partial charge on any atom is 0.573 e. The highest BCUT2D eigenvalue weighted by atomic mass is 32.2. The number of benzene rings is 1. The first-order chi connectivity index (χ1) is 12.3. The Balaban J connectivity index is 1.83. The molecule has 0 saturated carbocycles. The van der Waals surface area contributed by atoms with E-state index in [-0.39, 0.29) is 11.4 Å². The molecule has 144 valence electrons. The Morgan fingerprint density at radius 2 is 1.92 bits per heavy atom. The van der Waals surface area contributed by atoms with Gasteiger partial charge in [-0.25, -0.2) is 0 Å². The van der Waals surface area contributed by atoms with Gasteiger partial charge >= 0.3 is 6.36 Å². The SMILES string of the molecule is CCN1CCN(C(=S)SCC(=O)Nc2ccccc2OC(F)(F)F)CC1. The van der Waals surface area contributed by atoms with Gasteiger partial charge in [0.2, 0.25) is 5.91 Å². The molecule has 1 N–H and O–H groups in total. The Labute approximate surface area is 159 Å². The number of hydrogen-bond donors (Lipinski definition) is 1. The second-order valence-electron chi connectivity index (χ2n) is 5.57. The van der Waals surface area contributed by atoms with Crippen LogP contribution in [0.4, 0.5) is 18.9 Å². The van der Waals surface area contributed by atoms with Crippen molar-refractivity contribution in [2.45, 2.75) is 13.3 Å². The summed E-state index contributed by atoms with van der Waals surface area (Å²) in [5, 5.41) is 2.44. The van der Waals surface area contributed by atoms with Crippen LogP contribution in [-0.2, 0) is 4.79 Å². The first-order valence-corrected chi connectivity index (χ1v) is 9.46. The van der Waals surface area contributed by atoms with E-state index < -0.39 is 18.0 Å². The number of para-hydroxylation sites is 2. The highest BCUT2D eigenvalue weighted by Crippen LogP contribution is 2.30. The van der Waals surface area contributed by atoms with Crippen molar-refractivity contribution in [3.05, 3.63) is 24.3 Å². The zero-order chi connectivity index (χ0) is 19.2. The number of amides is 1. The molecule has 5 nitrogen and oxygen atoms in total. The second kappa shape index (κ2) is 9.43. The van der Waals surface area contributed by atoms with Gasteiger partial charge in [0.25, 0.3) is 0 Å². The lowest BCUT2D eigenvalue weighted by atomic mass is 10.3. The van der Waals surface area contributed by atoms with Gasteiger partial charge in [0.15, 0.2) is 5.75 Å². The maximum atomic E-state index is 12.4. The minimum atomic E-state index is -4.82. The number of halogens is 3. The standard InChI is InChI=1S/C16H20F3N3O2S2/c1-2-21-7-9-22(10-8-21)15(25)26-11-14(23)20-12-5-3-4-6-13(12)24-16(17,18)19/h3-6H,2,7-11H2,1H3,(H,20,23). The molecular weight excluding hydrogens is 387 g/mol. The van der Waals surface area contributed by atoms with E-state index in [9.17, 15) is 18.0 Å². The van der Waals surface area contributed by atoms with Gasteiger partial charge in [0, 0.05) is 26.2 Å². The van der Waals surface area contributed by atoms with Gasteiger partial charge in [-0.2, -0.15) is 0 Å². The average Bonchev–Trinajstić information content (AvgIpc) is 2.60. The van der Waals surface area contributed by atoms with Gasteiger partial charge < -0.3 is 19.9 Å². The third kappa shape index (κ3) is 6.65. The average molecular weight is 407 g/mol. The number of carbonyl (C=O) groups excluding carboxylic acids is 1. The van der Waals surface area contributed by atoms with Crippen LogP contribution in [0.3, 0.4) is 0 Å². The summed E-state index contributed by atoms with van der Waals surface area (Å²) in [7, 11) is 0. The van der Waals surface area contributed by atoms with Crippen molar-refractivity contribution < 1.29 is 22.7 Å². The van der Waals surface area contributed by atoms with E-state index in [1.54, 1.807) is 0 Å². The minimum absolute atomic E-state index is 0.0210. The molecule has 0 radical (unpaired) electrons. The molecule has 0 atom stereocenters. The molecule has 10 heteroatoms. The summed E-state index contributed by atoms with van der Waals surface area (Å²) in [6.45, 7) is 6.56. The lowest BCUT2D eigenvalue weighted by Crippen LogP contribution is -2.47. The summed E-state index contributed by atoms with van der Waals surface area (Å²) < 4.78 is 41.8. The van der Waals surface area contributed by atoms with E-state index >= 15 is 0 Å². The monoisotopic (exact) mass is 407 g/mol. The molecule has 1 aromatic carbocycles. The van der Waals surface area contributed by atoms with Crippen molar-refractivity contribution >= 4 is 39.9 Å². The third-order valence-electron chi connectivity index (χ3n) is 3.79. The van der Waals surface area contributed by atoms with Crippen molar-refractivity contribution in [1.29, 1.82) is 0 Å². The Bertz CT molecular complexity index is 635. The molecule has 1 aliphatic rings. The number of thioether (sulfide) groups is 1. The Morgan fingerprint density at radius 3 is 2.54 bits per heavy atom. The van der Waals surface area contributed by atoms with Crippen LogP contribution in [0.15, 0.2) is 24.3 Å². The van der Waals surface area contributed by atoms with Crippen LogP contribution in [-0.4, -0.2) is 64.9 Å². The van der Waals surface area contributed by atoms with Gasteiger partial charge in [-0.05, 0) is 18.7 Å². The number of piperazine rings is 1. The molecule has 1 aromatic rings. The van der Waals surface area contributed by atoms with Gasteiger partial charge in [-0.1, -0.05) is 43.0 Å². The molecule has 1 fully saturated rings. The number of nitrogens with zero attached hydrogens (tertiary/aromatic N) is 2. The summed E-state index contributed by atoms with van der Waals surface area (Å²) in [5.41, 5.74) is -0.0297. The van der Waals surface area contributed by atoms with E-state index in [2.05, 4.69) is 21.9 Å². The fourth-order valence-corrected chi connectivity index (χ4v) is 3.49. The fraction of sp³-hybridized carbons (Fsp3) is 0.500. The van der Waals surface area contributed by atoms with Crippen molar-refractivity contribution in [1.82, 2.24) is 9.80 Å². The van der Waals surface area contributed by atoms with Crippen molar-refractivity contribution in [3.8, 4) is 5.75 Å². The number of ether oxygens (including phenoxy) is 1. The predicted octanol–water partition coefficient (Wildman–Crippen LogP) is 3.18. The molecule has 0 aliphatic carbocycles. The van der Waals surface area contributed by atoms with E-state index in [4.69, 9.17) is 12.2 Å². The highest BCUT2D eigenvalue weighted by molar-refractivity contribution is 8.23. The van der Waals surface area contributed by atoms with E-state index in [1.165, 1.54) is 30.0 Å². The quantitative estimate of drug-likeness (QED) is 0.757. The number of carbonyl (C=O) groups is 1. The molecule has 0 aromatic heterocycles. The molecule has 1 amide bonds. The number of nitrogens with one attached hydrogen (secondary N) is 1. The van der Waals surface area contributed by atoms with Gasteiger partial charge in [0.1, 0.15) is 4.32 Å². The molecule has 0 spiro atoms. The first-order valence-electron chi connectivity index (χ1n) is 8.07. The van der Waals surface area contributed by atoms with Crippen molar-refractivity contribution in [2.75, 3.05) is 43.8 Å². The number of likely N-dealkylation sites (N-methyl/N-ethyl adjacent to an activating group) is 1. The summed E-state index contributed by atoms with van der Waals surface area (Å²) in [5.74, 6) is -0.868. The summed E-state index contributed by atoms with van der Waals surface area (Å²) >= 11 is 6.55. The molecule has 2 rings (SSSR count). The molecule has 0 unspecified atom stereocenters. The molecule has 1 saturated heterocycles. The largest absolute Gasteiger partial charge is 0.573 e. The molecule has 0 bridgehead atoms. The van der Waals surface area contributed by atoms with Gasteiger partial charge in [-0.15, -0.1) is 13.2 Å². The van der Waals surface area contributed by atoms with Crippen LogP contribution in [0.5, 0.6) is 5.75 Å². The highest BCUT2D eigenvalue weighted by Gasteiger charge is 2.32. The van der Waals surface area contributed by atoms with E-state index in [0.717, 1.165) is 38.8 Å². The number of alkyl halides is 3. The summed E-state index contributed by atoms with van der Waals surface area (Å²) in [6.07, 6.45) is -4.82. The number of thiocarbonyl (C=S) groups is 1. The predicted molar refractivity (Wildman–Crippen MR) is 100 cm³/mol. The van der Waals surface area contributed by atoms with Crippen LogP contribution in [0, 0.1) is 0 Å². The van der Waals surface area contributed by atoms with Crippen LogP contribution in [0.1, 0.15) is 6.92 Å². The van der Waals surface area contributed by atoms with Crippen molar-refractivity contribution in [3.63, 3.8) is 0 Å². The van der Waals surface area contributed by atoms with Gasteiger partial charge in [0.05, 0.1) is 11.4 Å². The zero-order valence-corrected chi connectivity index (χ0v) is 15.8. The summed E-state index contributed by atoms with van der Waals surface area (Å²) in [4.78, 5) is 16.4. The van der Waals surface area contributed by atoms with Gasteiger partial charge in [-0.3, -0.25) is 4.79 Å². The molecule has 1 heterocycles. The van der Waals surface area contributed by atoms with Crippen LogP contribution in [0.25, 0.3) is 0 Å². The Morgan fingerprint density at radius 1 is 1.27 bits per heavy atom. The molecule has 1 aliphatic heterocycles. The lowest BCUT2D eigenvalue weighted by Gasteiger charge is -2.35. The van der Waals surface area contributed by atoms with Crippen molar-refractivity contribution in [2.24, 2.45) is 0 Å². The minimum Gasteiger partial charge on any atom is -0.404 e. The number of anilines is 1. The number of rotatable bonds is 5. The van der Waals surface area contributed by atoms with E-state index in [1.807, 2.05) is 4.90 Å². The first kappa shape index (κ1) is 20.8. The van der Waals surface area contributed by atoms with E-state index in [0.29, 0.717) is 4.32 Å². The second-order valence-corrected chi connectivity index (χ2v) is 7.18. The van der Waals surface area contributed by atoms with Crippen LogP contribution in [0.2, 0.25) is 0 Å².